The Morgan fingerprint density at radius 3 is 2.32 bits per heavy atom. The summed E-state index contributed by atoms with van der Waals surface area (Å²) in [6.07, 6.45) is 0. The van der Waals surface area contributed by atoms with E-state index in [1.54, 1.807) is 0 Å². The molecule has 0 saturated heterocycles. The molecule has 0 spiro atoms. The number of nitrogens with one attached hydrogen (secondary N) is 1. The number of nitrogens with two attached hydrogens (primary N) is 1. The average Bonchev–Trinajstić information content (AvgIpc) is 2.37. The number of ether oxygens (including phenoxy) is 1. The van der Waals surface area contributed by atoms with Crippen LogP contribution in [0.2, 0.25) is 0 Å². The summed E-state index contributed by atoms with van der Waals surface area (Å²) in [5.41, 5.74) is 5.64. The zero-order valence-electron chi connectivity index (χ0n) is 11.5. The maximum Gasteiger partial charge on any atom is 0.309 e. The van der Waals surface area contributed by atoms with E-state index in [-0.39, 0.29) is 5.41 Å². The first-order chi connectivity index (χ1) is 8.86. The molecule has 0 atom stereocenters. The summed E-state index contributed by atoms with van der Waals surface area (Å²) in [6.45, 7) is 6.84. The van der Waals surface area contributed by atoms with Gasteiger partial charge in [-0.05, 0) is 24.6 Å². The van der Waals surface area contributed by atoms with Gasteiger partial charge in [-0.3, -0.25) is 9.59 Å². The Morgan fingerprint density at radius 1 is 1.26 bits per heavy atom. The Bertz CT molecular complexity index is 452. The molecule has 104 valence electrons. The van der Waals surface area contributed by atoms with Gasteiger partial charge in [-0.15, -0.1) is 0 Å². The fourth-order valence-corrected chi connectivity index (χ4v) is 1.66. The Balaban J connectivity index is 2.70. The molecule has 0 unspecified atom stereocenters. The minimum Gasteiger partial charge on any atom is -0.494 e. The van der Waals surface area contributed by atoms with Gasteiger partial charge in [0.1, 0.15) is 5.75 Å². The van der Waals surface area contributed by atoms with Crippen molar-refractivity contribution in [1.82, 2.24) is 5.32 Å². The van der Waals surface area contributed by atoms with Gasteiger partial charge in [0.05, 0.1) is 6.61 Å². The van der Waals surface area contributed by atoms with Crippen molar-refractivity contribution in [1.29, 1.82) is 0 Å². The maximum absolute atomic E-state index is 11.2. The molecule has 0 aromatic heterocycles. The van der Waals surface area contributed by atoms with Crippen LogP contribution in [-0.4, -0.2) is 25.0 Å². The van der Waals surface area contributed by atoms with E-state index in [0.29, 0.717) is 13.2 Å². The van der Waals surface area contributed by atoms with Crippen LogP contribution in [0.25, 0.3) is 0 Å². The van der Waals surface area contributed by atoms with E-state index in [4.69, 9.17) is 10.5 Å². The minimum atomic E-state index is -0.970. The number of carbonyl (C=O) groups excluding carboxylic acids is 2. The molecule has 0 radical (unpaired) electrons. The summed E-state index contributed by atoms with van der Waals surface area (Å²) in [5.74, 6) is -0.926. The first kappa shape index (κ1) is 15.0. The topological polar surface area (TPSA) is 81.4 Å². The predicted octanol–water partition coefficient (Wildman–Crippen LogP) is 0.964. The third-order valence-corrected chi connectivity index (χ3v) is 2.86. The van der Waals surface area contributed by atoms with Crippen LogP contribution in [0.4, 0.5) is 0 Å². The van der Waals surface area contributed by atoms with Gasteiger partial charge in [0.15, 0.2) is 0 Å². The van der Waals surface area contributed by atoms with Crippen LogP contribution in [0.15, 0.2) is 24.3 Å². The number of carbonyl (C=O) groups is 2. The predicted molar refractivity (Wildman–Crippen MR) is 72.8 cm³/mol. The molecule has 0 fully saturated rings. The number of hydrogen-bond acceptors (Lipinski definition) is 3. The minimum absolute atomic E-state index is 0.296. The first-order valence-electron chi connectivity index (χ1n) is 6.18. The molecule has 0 aliphatic carbocycles. The number of benzene rings is 1. The smallest absolute Gasteiger partial charge is 0.309 e. The number of amides is 2. The quantitative estimate of drug-likeness (QED) is 0.777. The number of hydrogen-bond donors (Lipinski definition) is 2. The van der Waals surface area contributed by atoms with Crippen LogP contribution in [0.1, 0.15) is 26.3 Å². The van der Waals surface area contributed by atoms with E-state index in [0.717, 1.165) is 11.3 Å². The van der Waals surface area contributed by atoms with Crippen LogP contribution in [0.3, 0.4) is 0 Å². The van der Waals surface area contributed by atoms with Crippen molar-refractivity contribution < 1.29 is 14.3 Å². The van der Waals surface area contributed by atoms with Gasteiger partial charge in [0.2, 0.25) is 0 Å². The van der Waals surface area contributed by atoms with Gasteiger partial charge >= 0.3 is 11.8 Å². The second-order valence-electron chi connectivity index (χ2n) is 4.89. The lowest BCUT2D eigenvalue weighted by Crippen LogP contribution is -2.42. The van der Waals surface area contributed by atoms with Crippen molar-refractivity contribution >= 4 is 11.8 Å². The van der Waals surface area contributed by atoms with Crippen LogP contribution in [0, 0.1) is 0 Å². The van der Waals surface area contributed by atoms with Crippen LogP contribution in [0.5, 0.6) is 5.75 Å². The Hall–Kier alpha value is -2.04. The molecule has 0 heterocycles. The molecule has 5 nitrogen and oxygen atoms in total. The first-order valence-corrected chi connectivity index (χ1v) is 6.18. The average molecular weight is 264 g/mol. The highest BCUT2D eigenvalue weighted by molar-refractivity contribution is 6.34. The van der Waals surface area contributed by atoms with Crippen molar-refractivity contribution in [3.05, 3.63) is 29.8 Å². The summed E-state index contributed by atoms with van der Waals surface area (Å²) in [7, 11) is 0. The van der Waals surface area contributed by atoms with Gasteiger partial charge in [-0.1, -0.05) is 26.0 Å². The SMILES string of the molecule is CCOc1ccc(C(C)(C)CNC(=O)C(N)=O)cc1. The molecule has 0 bridgehead atoms. The van der Waals surface area contributed by atoms with Crippen molar-refractivity contribution in [2.45, 2.75) is 26.2 Å². The molecule has 19 heavy (non-hydrogen) atoms. The summed E-state index contributed by atoms with van der Waals surface area (Å²) in [6, 6.07) is 7.66. The van der Waals surface area contributed by atoms with E-state index < -0.39 is 11.8 Å². The highest BCUT2D eigenvalue weighted by Crippen LogP contribution is 2.24. The lowest BCUT2D eigenvalue weighted by atomic mass is 9.84. The summed E-state index contributed by atoms with van der Waals surface area (Å²) >= 11 is 0. The van der Waals surface area contributed by atoms with Crippen molar-refractivity contribution in [2.75, 3.05) is 13.2 Å². The molecule has 1 aromatic carbocycles. The third kappa shape index (κ3) is 4.28. The summed E-state index contributed by atoms with van der Waals surface area (Å²) in [5, 5.41) is 2.52. The van der Waals surface area contributed by atoms with E-state index in [1.165, 1.54) is 0 Å². The Morgan fingerprint density at radius 2 is 1.84 bits per heavy atom. The molecule has 1 aromatic rings. The zero-order chi connectivity index (χ0) is 14.5. The molecule has 2 amide bonds. The fourth-order valence-electron chi connectivity index (χ4n) is 1.66. The zero-order valence-corrected chi connectivity index (χ0v) is 11.5. The molecule has 0 saturated carbocycles. The molecular formula is C14H20N2O3. The second kappa shape index (κ2) is 6.22. The highest BCUT2D eigenvalue weighted by atomic mass is 16.5. The van der Waals surface area contributed by atoms with Crippen LogP contribution >= 0.6 is 0 Å². The molecular weight excluding hydrogens is 244 g/mol. The third-order valence-electron chi connectivity index (χ3n) is 2.86. The summed E-state index contributed by atoms with van der Waals surface area (Å²) in [4.78, 5) is 21.8. The lowest BCUT2D eigenvalue weighted by Gasteiger charge is -2.25. The lowest BCUT2D eigenvalue weighted by molar-refractivity contribution is -0.137. The van der Waals surface area contributed by atoms with Gasteiger partial charge in [-0.25, -0.2) is 0 Å². The normalized spacial score (nSPS) is 10.9. The Kier molecular flexibility index (Phi) is 4.92. The van der Waals surface area contributed by atoms with E-state index in [9.17, 15) is 9.59 Å². The number of rotatable bonds is 5. The van der Waals surface area contributed by atoms with Crippen LogP contribution < -0.4 is 15.8 Å². The van der Waals surface area contributed by atoms with Gasteiger partial charge in [0, 0.05) is 12.0 Å². The number of primary amides is 1. The van der Waals surface area contributed by atoms with E-state index in [2.05, 4.69) is 5.32 Å². The maximum atomic E-state index is 11.2. The van der Waals surface area contributed by atoms with Crippen molar-refractivity contribution in [2.24, 2.45) is 5.73 Å². The van der Waals surface area contributed by atoms with E-state index in [1.807, 2.05) is 45.0 Å². The second-order valence-corrected chi connectivity index (χ2v) is 4.89. The van der Waals surface area contributed by atoms with Crippen molar-refractivity contribution in [3.8, 4) is 5.75 Å². The van der Waals surface area contributed by atoms with Crippen LogP contribution in [-0.2, 0) is 15.0 Å². The Labute approximate surface area is 113 Å². The highest BCUT2D eigenvalue weighted by Gasteiger charge is 2.22. The van der Waals surface area contributed by atoms with Gasteiger partial charge in [0.25, 0.3) is 0 Å². The molecule has 5 heteroatoms. The van der Waals surface area contributed by atoms with Crippen molar-refractivity contribution in [3.63, 3.8) is 0 Å². The summed E-state index contributed by atoms with van der Waals surface area (Å²) < 4.78 is 5.37. The molecule has 0 aliphatic rings. The molecule has 0 aliphatic heterocycles. The van der Waals surface area contributed by atoms with Gasteiger partial charge in [-0.2, -0.15) is 0 Å². The molecule has 3 N–H and O–H groups in total. The standard InChI is InChI=1S/C14H20N2O3/c1-4-19-11-7-5-10(6-8-11)14(2,3)9-16-13(18)12(15)17/h5-8H,4,9H2,1-3H3,(H2,15,17)(H,16,18). The molecule has 1 rings (SSSR count). The van der Waals surface area contributed by atoms with E-state index >= 15 is 0 Å². The fraction of sp³-hybridized carbons (Fsp3) is 0.429. The monoisotopic (exact) mass is 264 g/mol. The largest absolute Gasteiger partial charge is 0.494 e. The van der Waals surface area contributed by atoms with Gasteiger partial charge < -0.3 is 15.8 Å².